The second-order valence-corrected chi connectivity index (χ2v) is 6.23. The Morgan fingerprint density at radius 3 is 2.87 bits per heavy atom. The van der Waals surface area contributed by atoms with E-state index in [0.29, 0.717) is 12.2 Å². The lowest BCUT2D eigenvalue weighted by Gasteiger charge is -2.05. The van der Waals surface area contributed by atoms with Gasteiger partial charge in [0.15, 0.2) is 5.13 Å². The second-order valence-electron chi connectivity index (χ2n) is 5.20. The molecule has 0 aliphatic carbocycles. The third-order valence-corrected chi connectivity index (χ3v) is 4.57. The summed E-state index contributed by atoms with van der Waals surface area (Å²) in [5.74, 6) is -0.294. The molecule has 2 aromatic carbocycles. The number of anilines is 1. The Kier molecular flexibility index (Phi) is 4.57. The number of aromatic nitrogens is 1. The van der Waals surface area contributed by atoms with Crippen LogP contribution in [0.4, 0.5) is 5.13 Å². The molecular weight excluding hydrogens is 308 g/mol. The Balaban J connectivity index is 1.77. The predicted octanol–water partition coefficient (Wildman–Crippen LogP) is 4.39. The van der Waals surface area contributed by atoms with Gasteiger partial charge in [0.05, 0.1) is 22.4 Å². The summed E-state index contributed by atoms with van der Waals surface area (Å²) < 4.78 is 6.01. The summed E-state index contributed by atoms with van der Waals surface area (Å²) >= 11 is 1.54. The lowest BCUT2D eigenvalue weighted by molar-refractivity contribution is 0.0526. The fraction of sp³-hybridized carbons (Fsp3) is 0.222. The molecule has 0 aliphatic rings. The van der Waals surface area contributed by atoms with E-state index in [1.165, 1.54) is 11.1 Å². The van der Waals surface area contributed by atoms with Crippen LogP contribution >= 0.6 is 11.3 Å². The molecule has 1 heterocycles. The number of rotatable bonds is 5. The molecule has 0 amide bonds. The number of hydrogen-bond donors (Lipinski definition) is 1. The lowest BCUT2D eigenvalue weighted by atomic mass is 10.1. The number of nitrogens with one attached hydrogen (secondary N) is 1. The average Bonchev–Trinajstić information content (AvgIpc) is 2.96. The molecular formula is C18H18N2O2S. The van der Waals surface area contributed by atoms with Crippen LogP contribution in [-0.2, 0) is 11.3 Å². The van der Waals surface area contributed by atoms with Gasteiger partial charge in [-0.05, 0) is 43.2 Å². The zero-order valence-corrected chi connectivity index (χ0v) is 13.9. The number of carbonyl (C=O) groups is 1. The van der Waals surface area contributed by atoms with Crippen LogP contribution in [0.1, 0.15) is 28.4 Å². The first-order chi connectivity index (χ1) is 11.2. The molecule has 0 saturated heterocycles. The van der Waals surface area contributed by atoms with Gasteiger partial charge in [0.25, 0.3) is 0 Å². The van der Waals surface area contributed by atoms with Gasteiger partial charge in [0, 0.05) is 6.54 Å². The number of benzene rings is 2. The quantitative estimate of drug-likeness (QED) is 0.706. The first-order valence-corrected chi connectivity index (χ1v) is 8.35. The van der Waals surface area contributed by atoms with E-state index >= 15 is 0 Å². The monoisotopic (exact) mass is 326 g/mol. The fourth-order valence-electron chi connectivity index (χ4n) is 2.32. The topological polar surface area (TPSA) is 51.2 Å². The number of aryl methyl sites for hydroxylation is 1. The molecule has 0 unspecified atom stereocenters. The van der Waals surface area contributed by atoms with Crippen molar-refractivity contribution in [3.63, 3.8) is 0 Å². The van der Waals surface area contributed by atoms with E-state index in [9.17, 15) is 4.79 Å². The Labute approximate surface area is 139 Å². The van der Waals surface area contributed by atoms with Gasteiger partial charge in [-0.1, -0.05) is 35.6 Å². The number of carbonyl (C=O) groups excluding carboxylic acids is 1. The molecule has 0 atom stereocenters. The van der Waals surface area contributed by atoms with Crippen LogP contribution in [0.5, 0.6) is 0 Å². The first kappa shape index (κ1) is 15.5. The third-order valence-electron chi connectivity index (χ3n) is 3.59. The Morgan fingerprint density at radius 1 is 1.26 bits per heavy atom. The summed E-state index contributed by atoms with van der Waals surface area (Å²) in [7, 11) is 0. The number of ether oxygens (including phenoxy) is 1. The maximum Gasteiger partial charge on any atom is 0.338 e. The van der Waals surface area contributed by atoms with Crippen molar-refractivity contribution < 1.29 is 9.53 Å². The van der Waals surface area contributed by atoms with Crippen molar-refractivity contribution in [2.75, 3.05) is 11.9 Å². The Morgan fingerprint density at radius 2 is 2.09 bits per heavy atom. The molecule has 23 heavy (non-hydrogen) atoms. The minimum absolute atomic E-state index is 0.294. The fourth-order valence-corrected chi connectivity index (χ4v) is 3.22. The smallest absolute Gasteiger partial charge is 0.338 e. The molecule has 3 rings (SSSR count). The summed E-state index contributed by atoms with van der Waals surface area (Å²) in [5.41, 5.74) is 3.95. The van der Waals surface area contributed by atoms with Crippen LogP contribution in [0.15, 0.2) is 42.5 Å². The maximum absolute atomic E-state index is 11.8. The van der Waals surface area contributed by atoms with Gasteiger partial charge >= 0.3 is 5.97 Å². The van der Waals surface area contributed by atoms with Gasteiger partial charge in [-0.3, -0.25) is 0 Å². The molecule has 0 radical (unpaired) electrons. The van der Waals surface area contributed by atoms with E-state index in [4.69, 9.17) is 4.74 Å². The minimum Gasteiger partial charge on any atom is -0.462 e. The van der Waals surface area contributed by atoms with Crippen LogP contribution in [0, 0.1) is 6.92 Å². The number of hydrogen-bond acceptors (Lipinski definition) is 5. The Bertz CT molecular complexity index is 842. The van der Waals surface area contributed by atoms with Gasteiger partial charge in [-0.25, -0.2) is 9.78 Å². The van der Waals surface area contributed by atoms with Gasteiger partial charge in [0.2, 0.25) is 0 Å². The highest BCUT2D eigenvalue weighted by atomic mass is 32.1. The van der Waals surface area contributed by atoms with Crippen molar-refractivity contribution in [1.82, 2.24) is 4.98 Å². The molecule has 0 saturated carbocycles. The van der Waals surface area contributed by atoms with E-state index in [0.717, 1.165) is 21.9 Å². The van der Waals surface area contributed by atoms with Crippen LogP contribution in [0.3, 0.4) is 0 Å². The van der Waals surface area contributed by atoms with Crippen LogP contribution < -0.4 is 5.32 Å². The number of thiazole rings is 1. The third kappa shape index (κ3) is 3.51. The molecule has 0 spiro atoms. The van der Waals surface area contributed by atoms with Crippen molar-refractivity contribution in [3.8, 4) is 0 Å². The summed E-state index contributed by atoms with van der Waals surface area (Å²) in [5, 5.41) is 4.21. The van der Waals surface area contributed by atoms with Gasteiger partial charge < -0.3 is 10.1 Å². The highest BCUT2D eigenvalue weighted by molar-refractivity contribution is 7.22. The molecule has 1 aromatic heterocycles. The summed E-state index contributed by atoms with van der Waals surface area (Å²) in [6.07, 6.45) is 0. The van der Waals surface area contributed by atoms with E-state index in [2.05, 4.69) is 29.4 Å². The standard InChI is InChI=1S/C18H18N2O2S/c1-3-22-17(21)13-8-9-15-16(10-13)23-18(20-15)19-11-14-7-5-4-6-12(14)2/h4-10H,3,11H2,1-2H3,(H,19,20). The summed E-state index contributed by atoms with van der Waals surface area (Å²) in [6, 6.07) is 13.7. The summed E-state index contributed by atoms with van der Waals surface area (Å²) in [6.45, 7) is 5.01. The SMILES string of the molecule is CCOC(=O)c1ccc2nc(NCc3ccccc3C)sc2c1. The largest absolute Gasteiger partial charge is 0.462 e. The zero-order valence-electron chi connectivity index (χ0n) is 13.1. The van der Waals surface area contributed by atoms with Crippen molar-refractivity contribution in [2.45, 2.75) is 20.4 Å². The van der Waals surface area contributed by atoms with E-state index in [1.54, 1.807) is 24.3 Å². The molecule has 4 nitrogen and oxygen atoms in total. The minimum atomic E-state index is -0.294. The van der Waals surface area contributed by atoms with Crippen molar-refractivity contribution >= 4 is 32.7 Å². The highest BCUT2D eigenvalue weighted by Crippen LogP contribution is 2.27. The maximum atomic E-state index is 11.8. The molecule has 0 fully saturated rings. The number of nitrogens with zero attached hydrogens (tertiary/aromatic N) is 1. The first-order valence-electron chi connectivity index (χ1n) is 7.53. The molecule has 0 aliphatic heterocycles. The Hall–Kier alpha value is -2.40. The lowest BCUT2D eigenvalue weighted by Crippen LogP contribution is -2.03. The van der Waals surface area contributed by atoms with Gasteiger partial charge in [0.1, 0.15) is 0 Å². The molecule has 1 N–H and O–H groups in total. The normalized spacial score (nSPS) is 10.7. The van der Waals surface area contributed by atoms with Gasteiger partial charge in [-0.2, -0.15) is 0 Å². The van der Waals surface area contributed by atoms with E-state index in [-0.39, 0.29) is 5.97 Å². The second kappa shape index (κ2) is 6.79. The molecule has 118 valence electrons. The zero-order chi connectivity index (χ0) is 16.2. The molecule has 3 aromatic rings. The van der Waals surface area contributed by atoms with Crippen LogP contribution in [0.25, 0.3) is 10.2 Å². The van der Waals surface area contributed by atoms with Crippen LogP contribution in [0.2, 0.25) is 0 Å². The highest BCUT2D eigenvalue weighted by Gasteiger charge is 2.10. The van der Waals surface area contributed by atoms with Crippen LogP contribution in [-0.4, -0.2) is 17.6 Å². The van der Waals surface area contributed by atoms with Crippen molar-refractivity contribution in [3.05, 3.63) is 59.2 Å². The average molecular weight is 326 g/mol. The number of esters is 1. The van der Waals surface area contributed by atoms with Crippen molar-refractivity contribution in [2.24, 2.45) is 0 Å². The van der Waals surface area contributed by atoms with Crippen molar-refractivity contribution in [1.29, 1.82) is 0 Å². The van der Waals surface area contributed by atoms with E-state index in [1.807, 2.05) is 24.3 Å². The molecule has 0 bridgehead atoms. The van der Waals surface area contributed by atoms with Gasteiger partial charge in [-0.15, -0.1) is 0 Å². The summed E-state index contributed by atoms with van der Waals surface area (Å²) in [4.78, 5) is 16.3. The van der Waals surface area contributed by atoms with E-state index < -0.39 is 0 Å². The molecule has 5 heteroatoms. The predicted molar refractivity (Wildman–Crippen MR) is 94.1 cm³/mol. The number of fused-ring (bicyclic) bond motifs is 1.